The summed E-state index contributed by atoms with van der Waals surface area (Å²) in [6, 6.07) is 3.88. The van der Waals surface area contributed by atoms with Crippen molar-refractivity contribution in [1.29, 1.82) is 0 Å². The monoisotopic (exact) mass is 358 g/mol. The summed E-state index contributed by atoms with van der Waals surface area (Å²) < 4.78 is 2.01. The van der Waals surface area contributed by atoms with Crippen molar-refractivity contribution in [2.45, 2.75) is 45.3 Å². The van der Waals surface area contributed by atoms with Crippen LogP contribution in [0.4, 0.5) is 0 Å². The molecule has 0 unspecified atom stereocenters. The summed E-state index contributed by atoms with van der Waals surface area (Å²) in [5.74, 6) is 1.08. The third kappa shape index (κ3) is 3.08. The van der Waals surface area contributed by atoms with Crippen LogP contribution >= 0.6 is 11.3 Å². The van der Waals surface area contributed by atoms with Gasteiger partial charge in [-0.3, -0.25) is 9.59 Å². The Labute approximate surface area is 150 Å². The van der Waals surface area contributed by atoms with E-state index in [1.165, 1.54) is 0 Å². The van der Waals surface area contributed by atoms with E-state index in [-0.39, 0.29) is 23.8 Å². The molecule has 1 aliphatic heterocycles. The van der Waals surface area contributed by atoms with Crippen molar-refractivity contribution in [2.75, 3.05) is 6.54 Å². The predicted octanol–water partition coefficient (Wildman–Crippen LogP) is 2.58. The molecular weight excluding hydrogens is 336 g/mol. The van der Waals surface area contributed by atoms with Crippen molar-refractivity contribution in [1.82, 2.24) is 19.8 Å². The number of hydrogen-bond donors (Lipinski definition) is 1. The average Bonchev–Trinajstić information content (AvgIpc) is 3.21. The lowest BCUT2D eigenvalue weighted by atomic mass is 9.84. The van der Waals surface area contributed by atoms with Crippen molar-refractivity contribution in [3.8, 4) is 0 Å². The molecule has 2 aromatic rings. The van der Waals surface area contributed by atoms with Crippen LogP contribution in [0.2, 0.25) is 0 Å². The number of carbonyl (C=O) groups is 2. The number of fused-ring (bicyclic) bond motifs is 1. The van der Waals surface area contributed by atoms with Crippen LogP contribution in [-0.4, -0.2) is 32.8 Å². The molecule has 1 N–H and O–H groups in total. The van der Waals surface area contributed by atoms with Crippen molar-refractivity contribution >= 4 is 23.2 Å². The maximum Gasteiger partial charge on any atom is 0.271 e. The second-order valence-corrected chi connectivity index (χ2v) is 7.81. The number of thiophene rings is 1. The Morgan fingerprint density at radius 2 is 2.20 bits per heavy atom. The summed E-state index contributed by atoms with van der Waals surface area (Å²) >= 11 is 1.62. The summed E-state index contributed by atoms with van der Waals surface area (Å²) in [6.07, 6.45) is 4.97. The molecule has 1 aliphatic carbocycles. The fourth-order valence-electron chi connectivity index (χ4n) is 3.46. The van der Waals surface area contributed by atoms with Gasteiger partial charge in [0.1, 0.15) is 11.5 Å². The molecule has 0 aromatic carbocycles. The smallest absolute Gasteiger partial charge is 0.271 e. The average molecular weight is 358 g/mol. The second kappa shape index (κ2) is 6.63. The Kier molecular flexibility index (Phi) is 4.33. The third-order valence-corrected chi connectivity index (χ3v) is 6.08. The van der Waals surface area contributed by atoms with E-state index in [9.17, 15) is 9.59 Å². The summed E-state index contributed by atoms with van der Waals surface area (Å²) in [7, 11) is 0. The molecule has 132 valence electrons. The van der Waals surface area contributed by atoms with Gasteiger partial charge in [0.25, 0.3) is 5.91 Å². The van der Waals surface area contributed by atoms with Gasteiger partial charge in [0.2, 0.25) is 5.91 Å². The van der Waals surface area contributed by atoms with Crippen molar-refractivity contribution in [3.63, 3.8) is 0 Å². The molecule has 0 radical (unpaired) electrons. The SMILES string of the molecule is C[C@H]1c2nc(C(=O)NCc3cccs3)cn2CCN1C(=O)C1CCC1. The van der Waals surface area contributed by atoms with Crippen LogP contribution in [-0.2, 0) is 17.9 Å². The molecule has 1 saturated carbocycles. The first-order chi connectivity index (χ1) is 12.1. The lowest BCUT2D eigenvalue weighted by Crippen LogP contribution is -2.45. The lowest BCUT2D eigenvalue weighted by molar-refractivity contribution is -0.141. The molecule has 2 amide bonds. The molecule has 0 saturated heterocycles. The molecular formula is C18H22N4O2S. The number of imidazole rings is 1. The highest BCUT2D eigenvalue weighted by Gasteiger charge is 2.36. The van der Waals surface area contributed by atoms with Gasteiger partial charge in [-0.1, -0.05) is 12.5 Å². The van der Waals surface area contributed by atoms with Crippen molar-refractivity contribution < 1.29 is 9.59 Å². The van der Waals surface area contributed by atoms with Gasteiger partial charge in [-0.25, -0.2) is 4.98 Å². The van der Waals surface area contributed by atoms with E-state index < -0.39 is 0 Å². The molecule has 4 rings (SSSR count). The maximum atomic E-state index is 12.6. The summed E-state index contributed by atoms with van der Waals surface area (Å²) in [5.41, 5.74) is 0.427. The highest BCUT2D eigenvalue weighted by molar-refractivity contribution is 7.09. The largest absolute Gasteiger partial charge is 0.346 e. The predicted molar refractivity (Wildman–Crippen MR) is 95.2 cm³/mol. The molecule has 25 heavy (non-hydrogen) atoms. The highest BCUT2D eigenvalue weighted by atomic mass is 32.1. The first kappa shape index (κ1) is 16.3. The van der Waals surface area contributed by atoms with Gasteiger partial charge in [0, 0.05) is 30.1 Å². The normalized spacial score (nSPS) is 20.0. The van der Waals surface area contributed by atoms with Crippen LogP contribution in [0, 0.1) is 5.92 Å². The standard InChI is InChI=1S/C18H22N4O2S/c1-12-16-20-15(17(23)19-10-14-6-3-9-25-14)11-21(16)7-8-22(12)18(24)13-4-2-5-13/h3,6,9,11-13H,2,4-5,7-8,10H2,1H3,(H,19,23)/t12-/m0/s1. The lowest BCUT2D eigenvalue weighted by Gasteiger charge is -2.38. The first-order valence-corrected chi connectivity index (χ1v) is 9.69. The molecule has 0 spiro atoms. The summed E-state index contributed by atoms with van der Waals surface area (Å²) in [4.78, 5) is 32.5. The third-order valence-electron chi connectivity index (χ3n) is 5.20. The van der Waals surface area contributed by atoms with E-state index in [2.05, 4.69) is 10.3 Å². The molecule has 1 atom stereocenters. The number of amides is 2. The van der Waals surface area contributed by atoms with Crippen molar-refractivity contribution in [2.24, 2.45) is 5.92 Å². The van der Waals surface area contributed by atoms with E-state index in [1.54, 1.807) is 17.5 Å². The zero-order chi connectivity index (χ0) is 17.4. The highest BCUT2D eigenvalue weighted by Crippen LogP contribution is 2.33. The van der Waals surface area contributed by atoms with Gasteiger partial charge in [-0.2, -0.15) is 0 Å². The van der Waals surface area contributed by atoms with E-state index in [4.69, 9.17) is 0 Å². The molecule has 0 bridgehead atoms. The van der Waals surface area contributed by atoms with Crippen LogP contribution in [0.1, 0.15) is 53.4 Å². The zero-order valence-corrected chi connectivity index (χ0v) is 15.1. The van der Waals surface area contributed by atoms with Crippen LogP contribution in [0.15, 0.2) is 23.7 Å². The van der Waals surface area contributed by atoms with Gasteiger partial charge in [0.15, 0.2) is 0 Å². The van der Waals surface area contributed by atoms with Crippen LogP contribution in [0.3, 0.4) is 0 Å². The number of aromatic nitrogens is 2. The number of nitrogens with zero attached hydrogens (tertiary/aromatic N) is 3. The van der Waals surface area contributed by atoms with E-state index in [0.717, 1.165) is 30.0 Å². The van der Waals surface area contributed by atoms with Gasteiger partial charge in [0.05, 0.1) is 12.6 Å². The Balaban J connectivity index is 1.45. The Morgan fingerprint density at radius 3 is 2.88 bits per heavy atom. The van der Waals surface area contributed by atoms with Crippen molar-refractivity contribution in [3.05, 3.63) is 40.1 Å². The van der Waals surface area contributed by atoms with E-state index >= 15 is 0 Å². The minimum absolute atomic E-state index is 0.0827. The summed E-state index contributed by atoms with van der Waals surface area (Å²) in [6.45, 7) is 3.90. The molecule has 2 aliphatic rings. The molecule has 2 aromatic heterocycles. The fourth-order valence-corrected chi connectivity index (χ4v) is 4.11. The number of rotatable bonds is 4. The minimum atomic E-state index is -0.167. The van der Waals surface area contributed by atoms with Gasteiger partial charge < -0.3 is 14.8 Å². The number of hydrogen-bond acceptors (Lipinski definition) is 4. The molecule has 3 heterocycles. The van der Waals surface area contributed by atoms with Crippen LogP contribution in [0.5, 0.6) is 0 Å². The molecule has 1 fully saturated rings. The zero-order valence-electron chi connectivity index (χ0n) is 14.3. The van der Waals surface area contributed by atoms with Crippen LogP contribution < -0.4 is 5.32 Å². The second-order valence-electron chi connectivity index (χ2n) is 6.78. The first-order valence-electron chi connectivity index (χ1n) is 8.81. The minimum Gasteiger partial charge on any atom is -0.346 e. The number of carbonyl (C=O) groups excluding carboxylic acids is 2. The van der Waals surface area contributed by atoms with Gasteiger partial charge in [-0.05, 0) is 31.2 Å². The Hall–Kier alpha value is -2.15. The fraction of sp³-hybridized carbons (Fsp3) is 0.500. The van der Waals surface area contributed by atoms with E-state index in [1.807, 2.05) is 33.9 Å². The topological polar surface area (TPSA) is 67.2 Å². The molecule has 7 heteroatoms. The Bertz CT molecular complexity index is 779. The summed E-state index contributed by atoms with van der Waals surface area (Å²) in [5, 5.41) is 4.90. The van der Waals surface area contributed by atoms with E-state index in [0.29, 0.717) is 25.3 Å². The van der Waals surface area contributed by atoms with Crippen LogP contribution in [0.25, 0.3) is 0 Å². The molecule has 6 nitrogen and oxygen atoms in total. The van der Waals surface area contributed by atoms with Gasteiger partial charge >= 0.3 is 0 Å². The van der Waals surface area contributed by atoms with Gasteiger partial charge in [-0.15, -0.1) is 11.3 Å². The number of nitrogens with one attached hydrogen (secondary N) is 1. The maximum absolute atomic E-state index is 12.6. The Morgan fingerprint density at radius 1 is 1.36 bits per heavy atom. The quantitative estimate of drug-likeness (QED) is 0.913.